The van der Waals surface area contributed by atoms with Gasteiger partial charge in [0.05, 0.1) is 4.90 Å². The second kappa shape index (κ2) is 7.75. The van der Waals surface area contributed by atoms with Gasteiger partial charge >= 0.3 is 0 Å². The van der Waals surface area contributed by atoms with E-state index in [1.54, 1.807) is 18.2 Å². The first-order valence-electron chi connectivity index (χ1n) is 6.45. The summed E-state index contributed by atoms with van der Waals surface area (Å²) in [7, 11) is -3.39. The lowest BCUT2D eigenvalue weighted by Gasteiger charge is -2.10. The van der Waals surface area contributed by atoms with E-state index in [2.05, 4.69) is 26.0 Å². The lowest BCUT2D eigenvalue weighted by Crippen LogP contribution is -2.26. The Hall–Kier alpha value is -0.140. The first-order chi connectivity index (χ1) is 8.99. The number of benzene rings is 1. The predicted molar refractivity (Wildman–Crippen MR) is 86.9 cm³/mol. The van der Waals surface area contributed by atoms with Gasteiger partial charge in [-0.25, -0.2) is 13.1 Å². The van der Waals surface area contributed by atoms with Gasteiger partial charge in [0.2, 0.25) is 10.0 Å². The normalized spacial score (nSPS) is 18.8. The summed E-state index contributed by atoms with van der Waals surface area (Å²) < 4.78 is 27.7. The van der Waals surface area contributed by atoms with Crippen molar-refractivity contribution in [3.63, 3.8) is 0 Å². The van der Waals surface area contributed by atoms with Crippen LogP contribution in [0.1, 0.15) is 18.4 Å². The topological polar surface area (TPSA) is 58.2 Å². The van der Waals surface area contributed by atoms with Gasteiger partial charge in [-0.2, -0.15) is 0 Å². The van der Waals surface area contributed by atoms with Gasteiger partial charge in [0.25, 0.3) is 0 Å². The van der Waals surface area contributed by atoms with Crippen molar-refractivity contribution in [1.29, 1.82) is 0 Å². The molecule has 1 aliphatic heterocycles. The van der Waals surface area contributed by atoms with Gasteiger partial charge in [-0.1, -0.05) is 22.0 Å². The molecule has 1 aromatic carbocycles. The third-order valence-electron chi connectivity index (χ3n) is 3.46. The molecule has 1 unspecified atom stereocenters. The second-order valence-corrected chi connectivity index (χ2v) is 7.58. The van der Waals surface area contributed by atoms with Crippen molar-refractivity contribution in [3.8, 4) is 0 Å². The molecule has 7 heteroatoms. The molecule has 0 spiro atoms. The summed E-state index contributed by atoms with van der Waals surface area (Å²) in [5.74, 6) is 0.590. The summed E-state index contributed by atoms with van der Waals surface area (Å²) in [6.45, 7) is 4.47. The van der Waals surface area contributed by atoms with Crippen LogP contribution in [0, 0.1) is 12.8 Å². The van der Waals surface area contributed by atoms with Gasteiger partial charge in [0, 0.05) is 11.0 Å². The summed E-state index contributed by atoms with van der Waals surface area (Å²) in [5, 5.41) is 3.28. The van der Waals surface area contributed by atoms with Crippen LogP contribution in [-0.4, -0.2) is 28.1 Å². The maximum atomic E-state index is 12.1. The molecule has 1 aromatic rings. The van der Waals surface area contributed by atoms with Gasteiger partial charge in [0.15, 0.2) is 0 Å². The average Bonchev–Trinajstić information content (AvgIpc) is 2.85. The number of hydrogen-bond donors (Lipinski definition) is 2. The van der Waals surface area contributed by atoms with Crippen molar-refractivity contribution in [2.75, 3.05) is 19.6 Å². The van der Waals surface area contributed by atoms with E-state index in [0.717, 1.165) is 36.0 Å². The van der Waals surface area contributed by atoms with E-state index in [1.165, 1.54) is 0 Å². The Labute approximate surface area is 135 Å². The van der Waals surface area contributed by atoms with E-state index in [4.69, 9.17) is 0 Å². The fourth-order valence-corrected chi connectivity index (χ4v) is 3.79. The van der Waals surface area contributed by atoms with E-state index in [0.29, 0.717) is 17.4 Å². The van der Waals surface area contributed by atoms with Gasteiger partial charge < -0.3 is 5.32 Å². The maximum absolute atomic E-state index is 12.1. The standard InChI is InChI=1S/C13H19BrN2O2S.ClH/c1-10-2-3-12(8-13(10)14)19(17,18)16-7-5-11-4-6-15-9-11;/h2-3,8,11,15-16H,4-7,9H2,1H3;1H. The fourth-order valence-electron chi connectivity index (χ4n) is 2.18. The number of aryl methyl sites for hydroxylation is 1. The molecule has 4 nitrogen and oxygen atoms in total. The highest BCUT2D eigenvalue weighted by atomic mass is 79.9. The van der Waals surface area contributed by atoms with Crippen LogP contribution in [0.25, 0.3) is 0 Å². The minimum Gasteiger partial charge on any atom is -0.316 e. The molecule has 1 saturated heterocycles. The minimum atomic E-state index is -3.39. The zero-order valence-corrected chi connectivity index (χ0v) is 14.6. The summed E-state index contributed by atoms with van der Waals surface area (Å²) in [6.07, 6.45) is 2.02. The van der Waals surface area contributed by atoms with Crippen molar-refractivity contribution in [2.24, 2.45) is 5.92 Å². The van der Waals surface area contributed by atoms with Gasteiger partial charge in [0.1, 0.15) is 0 Å². The van der Waals surface area contributed by atoms with E-state index in [1.807, 2.05) is 6.92 Å². The Morgan fingerprint density at radius 3 is 2.80 bits per heavy atom. The number of sulfonamides is 1. The van der Waals surface area contributed by atoms with E-state index in [9.17, 15) is 8.42 Å². The van der Waals surface area contributed by atoms with Crippen LogP contribution in [0.5, 0.6) is 0 Å². The third-order valence-corrected chi connectivity index (χ3v) is 5.77. The van der Waals surface area contributed by atoms with Crippen molar-refractivity contribution >= 4 is 38.4 Å². The monoisotopic (exact) mass is 382 g/mol. The van der Waals surface area contributed by atoms with Gasteiger partial charge in [-0.3, -0.25) is 0 Å². The second-order valence-electron chi connectivity index (χ2n) is 4.96. The Morgan fingerprint density at radius 2 is 2.20 bits per heavy atom. The molecule has 1 aliphatic rings. The quantitative estimate of drug-likeness (QED) is 0.821. The maximum Gasteiger partial charge on any atom is 0.240 e. The Bertz CT molecular complexity index is 545. The summed E-state index contributed by atoms with van der Waals surface area (Å²) in [4.78, 5) is 0.314. The molecule has 0 bridgehead atoms. The van der Waals surface area contributed by atoms with E-state index < -0.39 is 10.0 Å². The molecule has 2 N–H and O–H groups in total. The highest BCUT2D eigenvalue weighted by molar-refractivity contribution is 9.10. The van der Waals surface area contributed by atoms with Crippen molar-refractivity contribution in [3.05, 3.63) is 28.2 Å². The lowest BCUT2D eigenvalue weighted by molar-refractivity contribution is 0.519. The van der Waals surface area contributed by atoms with Gasteiger partial charge in [-0.05, 0) is 56.5 Å². The van der Waals surface area contributed by atoms with Crippen LogP contribution in [-0.2, 0) is 10.0 Å². The molecule has 0 aromatic heterocycles. The molecule has 0 saturated carbocycles. The Balaban J connectivity index is 0.00000200. The first kappa shape index (κ1) is 17.9. The summed E-state index contributed by atoms with van der Waals surface area (Å²) in [5.41, 5.74) is 1.02. The number of halogens is 2. The summed E-state index contributed by atoms with van der Waals surface area (Å²) >= 11 is 3.36. The van der Waals surface area contributed by atoms with Crippen LogP contribution >= 0.6 is 28.3 Å². The molecule has 20 heavy (non-hydrogen) atoms. The smallest absolute Gasteiger partial charge is 0.240 e. The lowest BCUT2D eigenvalue weighted by atomic mass is 10.1. The predicted octanol–water partition coefficient (Wildman–Crippen LogP) is 2.46. The van der Waals surface area contributed by atoms with Crippen LogP contribution in [0.4, 0.5) is 0 Å². The SMILES string of the molecule is Cc1ccc(S(=O)(=O)NCCC2CCNC2)cc1Br.Cl. The molecule has 0 radical (unpaired) electrons. The number of hydrogen-bond acceptors (Lipinski definition) is 3. The fraction of sp³-hybridized carbons (Fsp3) is 0.538. The zero-order chi connectivity index (χ0) is 13.9. The van der Waals surface area contributed by atoms with Crippen molar-refractivity contribution in [2.45, 2.75) is 24.7 Å². The van der Waals surface area contributed by atoms with E-state index in [-0.39, 0.29) is 12.4 Å². The zero-order valence-electron chi connectivity index (χ0n) is 11.4. The highest BCUT2D eigenvalue weighted by Crippen LogP contribution is 2.20. The number of rotatable bonds is 5. The largest absolute Gasteiger partial charge is 0.316 e. The molecule has 114 valence electrons. The van der Waals surface area contributed by atoms with Crippen molar-refractivity contribution in [1.82, 2.24) is 10.0 Å². The Morgan fingerprint density at radius 1 is 1.45 bits per heavy atom. The third kappa shape index (κ3) is 4.70. The molecule has 1 fully saturated rings. The van der Waals surface area contributed by atoms with Crippen LogP contribution in [0.15, 0.2) is 27.6 Å². The molecule has 0 amide bonds. The average molecular weight is 384 g/mol. The van der Waals surface area contributed by atoms with Crippen molar-refractivity contribution < 1.29 is 8.42 Å². The van der Waals surface area contributed by atoms with Crippen LogP contribution in [0.2, 0.25) is 0 Å². The molecular formula is C13H20BrClN2O2S. The summed E-state index contributed by atoms with van der Waals surface area (Å²) in [6, 6.07) is 5.09. The first-order valence-corrected chi connectivity index (χ1v) is 8.73. The minimum absolute atomic E-state index is 0. The van der Waals surface area contributed by atoms with E-state index >= 15 is 0 Å². The molecule has 1 heterocycles. The molecular weight excluding hydrogens is 364 g/mol. The van der Waals surface area contributed by atoms with Crippen LogP contribution < -0.4 is 10.0 Å². The Kier molecular flexibility index (Phi) is 6.94. The highest BCUT2D eigenvalue weighted by Gasteiger charge is 2.17. The number of nitrogens with one attached hydrogen (secondary N) is 2. The molecule has 1 atom stereocenters. The van der Waals surface area contributed by atoms with Crippen LogP contribution in [0.3, 0.4) is 0 Å². The molecule has 2 rings (SSSR count). The van der Waals surface area contributed by atoms with Gasteiger partial charge in [-0.15, -0.1) is 12.4 Å². The molecule has 0 aliphatic carbocycles.